The Hall–Kier alpha value is -1.55. The number of hydrogen-bond acceptors (Lipinski definition) is 3. The lowest BCUT2D eigenvalue weighted by Crippen LogP contribution is -2.44. The Morgan fingerprint density at radius 2 is 2.24 bits per heavy atom. The summed E-state index contributed by atoms with van der Waals surface area (Å²) in [6.07, 6.45) is 3.68. The zero-order valence-corrected chi connectivity index (χ0v) is 9.89. The highest BCUT2D eigenvalue weighted by atomic mass is 15.3. The molecule has 3 N–H and O–H groups in total. The van der Waals surface area contributed by atoms with Gasteiger partial charge in [0, 0.05) is 19.1 Å². The summed E-state index contributed by atoms with van der Waals surface area (Å²) in [5.41, 5.74) is 7.97. The van der Waals surface area contributed by atoms with Crippen LogP contribution < -0.4 is 10.6 Å². The van der Waals surface area contributed by atoms with Gasteiger partial charge in [0.2, 0.25) is 5.95 Å². The maximum atomic E-state index is 5.84. The van der Waals surface area contributed by atoms with Gasteiger partial charge in [0.1, 0.15) is 0 Å². The molecular weight excluding hydrogens is 212 g/mol. The summed E-state index contributed by atoms with van der Waals surface area (Å²) in [7, 11) is 0. The van der Waals surface area contributed by atoms with Crippen molar-refractivity contribution in [2.75, 3.05) is 18.0 Å². The first-order chi connectivity index (χ1) is 8.38. The molecule has 2 aromatic rings. The third-order valence-electron chi connectivity index (χ3n) is 3.55. The molecule has 1 atom stereocenters. The number of fused-ring (bicyclic) bond motifs is 1. The molecule has 3 rings (SSSR count). The number of rotatable bonds is 2. The molecule has 90 valence electrons. The number of imidazole rings is 1. The van der Waals surface area contributed by atoms with E-state index >= 15 is 0 Å². The van der Waals surface area contributed by atoms with E-state index in [-0.39, 0.29) is 0 Å². The van der Waals surface area contributed by atoms with Crippen LogP contribution in [0.15, 0.2) is 24.3 Å². The number of nitrogens with one attached hydrogen (secondary N) is 1. The molecule has 0 saturated carbocycles. The third-order valence-corrected chi connectivity index (χ3v) is 3.55. The molecule has 0 amide bonds. The first-order valence-electron chi connectivity index (χ1n) is 6.30. The van der Waals surface area contributed by atoms with Crippen LogP contribution >= 0.6 is 0 Å². The second-order valence-corrected chi connectivity index (χ2v) is 4.66. The van der Waals surface area contributed by atoms with E-state index in [0.717, 1.165) is 23.5 Å². The fourth-order valence-electron chi connectivity index (χ4n) is 2.60. The van der Waals surface area contributed by atoms with Crippen LogP contribution in [0.2, 0.25) is 0 Å². The number of hydrogen-bond donors (Lipinski definition) is 2. The topological polar surface area (TPSA) is 57.9 Å². The molecule has 1 aliphatic heterocycles. The molecule has 4 nitrogen and oxygen atoms in total. The summed E-state index contributed by atoms with van der Waals surface area (Å²) in [6, 6.07) is 8.58. The van der Waals surface area contributed by atoms with E-state index in [1.807, 2.05) is 18.2 Å². The SMILES string of the molecule is NC[C@@H]1CCCCN1c1nc2ccccc2[nH]1. The Balaban J connectivity index is 1.96. The summed E-state index contributed by atoms with van der Waals surface area (Å²) >= 11 is 0. The van der Waals surface area contributed by atoms with Crippen LogP contribution in [0, 0.1) is 0 Å². The van der Waals surface area contributed by atoms with Gasteiger partial charge in [-0.15, -0.1) is 0 Å². The Kier molecular flexibility index (Phi) is 2.73. The van der Waals surface area contributed by atoms with E-state index in [0.29, 0.717) is 12.6 Å². The first-order valence-corrected chi connectivity index (χ1v) is 6.30. The Bertz CT molecular complexity index is 472. The normalized spacial score (nSPS) is 21.0. The average molecular weight is 230 g/mol. The fourth-order valence-corrected chi connectivity index (χ4v) is 2.60. The van der Waals surface area contributed by atoms with Gasteiger partial charge in [-0.25, -0.2) is 4.98 Å². The first kappa shape index (κ1) is 10.6. The second-order valence-electron chi connectivity index (χ2n) is 4.66. The van der Waals surface area contributed by atoms with Gasteiger partial charge in [-0.3, -0.25) is 0 Å². The van der Waals surface area contributed by atoms with Crippen LogP contribution in [-0.2, 0) is 0 Å². The van der Waals surface area contributed by atoms with Gasteiger partial charge in [-0.05, 0) is 31.4 Å². The van der Waals surface area contributed by atoms with E-state index in [1.54, 1.807) is 0 Å². The van der Waals surface area contributed by atoms with Gasteiger partial charge in [-0.1, -0.05) is 12.1 Å². The number of para-hydroxylation sites is 2. The highest BCUT2D eigenvalue weighted by Crippen LogP contribution is 2.24. The van der Waals surface area contributed by atoms with E-state index in [2.05, 4.69) is 20.9 Å². The molecule has 1 fully saturated rings. The highest BCUT2D eigenvalue weighted by Gasteiger charge is 2.23. The lowest BCUT2D eigenvalue weighted by Gasteiger charge is -2.34. The summed E-state index contributed by atoms with van der Waals surface area (Å²) < 4.78 is 0. The van der Waals surface area contributed by atoms with Gasteiger partial charge in [0.05, 0.1) is 11.0 Å². The third kappa shape index (κ3) is 1.89. The number of piperidine rings is 1. The van der Waals surface area contributed by atoms with Crippen molar-refractivity contribution in [3.05, 3.63) is 24.3 Å². The standard InChI is InChI=1S/C13H18N4/c14-9-10-5-3-4-8-17(10)13-15-11-6-1-2-7-12(11)16-13/h1-2,6-7,10H,3-5,8-9,14H2,(H,15,16)/t10-/m0/s1. The van der Waals surface area contributed by atoms with Gasteiger partial charge in [-0.2, -0.15) is 0 Å². The Morgan fingerprint density at radius 1 is 1.35 bits per heavy atom. The lowest BCUT2D eigenvalue weighted by atomic mass is 10.0. The molecule has 1 aromatic heterocycles. The van der Waals surface area contributed by atoms with E-state index < -0.39 is 0 Å². The van der Waals surface area contributed by atoms with Crippen molar-refractivity contribution in [1.29, 1.82) is 0 Å². The fraction of sp³-hybridized carbons (Fsp3) is 0.462. The van der Waals surface area contributed by atoms with E-state index in [1.165, 1.54) is 19.3 Å². The van der Waals surface area contributed by atoms with Gasteiger partial charge >= 0.3 is 0 Å². The number of nitrogens with two attached hydrogens (primary N) is 1. The molecule has 2 heterocycles. The molecule has 0 radical (unpaired) electrons. The Labute approximate surface area is 101 Å². The molecule has 1 saturated heterocycles. The van der Waals surface area contributed by atoms with Gasteiger partial charge < -0.3 is 15.6 Å². The number of H-pyrrole nitrogens is 1. The predicted molar refractivity (Wildman–Crippen MR) is 70.1 cm³/mol. The molecule has 1 aromatic carbocycles. The van der Waals surface area contributed by atoms with Crippen molar-refractivity contribution in [1.82, 2.24) is 9.97 Å². The molecule has 0 spiro atoms. The minimum atomic E-state index is 0.435. The molecule has 0 aliphatic carbocycles. The molecule has 1 aliphatic rings. The summed E-state index contributed by atoms with van der Waals surface area (Å²) in [4.78, 5) is 10.4. The maximum absolute atomic E-state index is 5.84. The lowest BCUT2D eigenvalue weighted by molar-refractivity contribution is 0.459. The van der Waals surface area contributed by atoms with Crippen LogP contribution in [0.5, 0.6) is 0 Å². The van der Waals surface area contributed by atoms with Crippen molar-refractivity contribution in [3.8, 4) is 0 Å². The quantitative estimate of drug-likeness (QED) is 0.828. The smallest absolute Gasteiger partial charge is 0.204 e. The van der Waals surface area contributed by atoms with Crippen molar-refractivity contribution >= 4 is 17.0 Å². The van der Waals surface area contributed by atoms with Crippen molar-refractivity contribution < 1.29 is 0 Å². The predicted octanol–water partition coefficient (Wildman–Crippen LogP) is 1.88. The number of benzene rings is 1. The minimum Gasteiger partial charge on any atom is -0.338 e. The van der Waals surface area contributed by atoms with Crippen LogP contribution in [0.4, 0.5) is 5.95 Å². The molecule has 4 heteroatoms. The van der Waals surface area contributed by atoms with Crippen LogP contribution in [-0.4, -0.2) is 29.1 Å². The van der Waals surface area contributed by atoms with Crippen LogP contribution in [0.25, 0.3) is 11.0 Å². The highest BCUT2D eigenvalue weighted by molar-refractivity contribution is 5.77. The average Bonchev–Trinajstić information content (AvgIpc) is 2.82. The summed E-state index contributed by atoms with van der Waals surface area (Å²) in [5, 5.41) is 0. The van der Waals surface area contributed by atoms with Gasteiger partial charge in [0.25, 0.3) is 0 Å². The largest absolute Gasteiger partial charge is 0.338 e. The van der Waals surface area contributed by atoms with Crippen LogP contribution in [0.3, 0.4) is 0 Å². The number of aromatic nitrogens is 2. The number of nitrogens with zero attached hydrogens (tertiary/aromatic N) is 2. The Morgan fingerprint density at radius 3 is 3.06 bits per heavy atom. The van der Waals surface area contributed by atoms with Crippen LogP contribution in [0.1, 0.15) is 19.3 Å². The summed E-state index contributed by atoms with van der Waals surface area (Å²) in [5.74, 6) is 0.973. The molecular formula is C13H18N4. The van der Waals surface area contributed by atoms with Crippen molar-refractivity contribution in [2.45, 2.75) is 25.3 Å². The monoisotopic (exact) mass is 230 g/mol. The zero-order valence-electron chi connectivity index (χ0n) is 9.89. The molecule has 0 unspecified atom stereocenters. The molecule has 17 heavy (non-hydrogen) atoms. The number of anilines is 1. The van der Waals surface area contributed by atoms with Gasteiger partial charge in [0.15, 0.2) is 0 Å². The molecule has 0 bridgehead atoms. The maximum Gasteiger partial charge on any atom is 0.204 e. The number of aromatic amines is 1. The minimum absolute atomic E-state index is 0.435. The second kappa shape index (κ2) is 4.37. The van der Waals surface area contributed by atoms with E-state index in [9.17, 15) is 0 Å². The zero-order chi connectivity index (χ0) is 11.7. The van der Waals surface area contributed by atoms with E-state index in [4.69, 9.17) is 5.73 Å². The van der Waals surface area contributed by atoms with Crippen molar-refractivity contribution in [3.63, 3.8) is 0 Å². The van der Waals surface area contributed by atoms with Crippen molar-refractivity contribution in [2.24, 2.45) is 5.73 Å². The summed E-state index contributed by atoms with van der Waals surface area (Å²) in [6.45, 7) is 1.76.